The van der Waals surface area contributed by atoms with Crippen molar-refractivity contribution in [1.82, 2.24) is 5.43 Å². The second kappa shape index (κ2) is 6.96. The van der Waals surface area contributed by atoms with Crippen LogP contribution in [0.5, 0.6) is 0 Å². The number of rotatable bonds is 6. The van der Waals surface area contributed by atoms with E-state index in [4.69, 9.17) is 10.6 Å². The topological polar surface area (TPSA) is 47.3 Å². The molecule has 1 aromatic rings. The lowest BCUT2D eigenvalue weighted by Crippen LogP contribution is -2.28. The van der Waals surface area contributed by atoms with Crippen LogP contribution in [0.25, 0.3) is 0 Å². The minimum Gasteiger partial charge on any atom is -0.385 e. The van der Waals surface area contributed by atoms with Gasteiger partial charge in [-0.05, 0) is 46.5 Å². The Balaban J connectivity index is 2.67. The molecule has 3 N–H and O–H groups in total. The summed E-state index contributed by atoms with van der Waals surface area (Å²) >= 11 is 3.12. The number of hydrogen-bond donors (Lipinski definition) is 2. The Kier molecular flexibility index (Phi) is 5.90. The molecule has 0 fully saturated rings. The summed E-state index contributed by atoms with van der Waals surface area (Å²) in [5, 5.41) is 0. The number of benzene rings is 1. The van der Waals surface area contributed by atoms with Gasteiger partial charge in [0.25, 0.3) is 0 Å². The highest BCUT2D eigenvalue weighted by atomic mass is 79.9. The number of hydrogen-bond acceptors (Lipinski definition) is 3. The van der Waals surface area contributed by atoms with Crippen molar-refractivity contribution in [2.45, 2.75) is 18.9 Å². The predicted octanol–water partition coefficient (Wildman–Crippen LogP) is 2.52. The van der Waals surface area contributed by atoms with Crippen molar-refractivity contribution >= 4 is 15.9 Å². The maximum Gasteiger partial charge on any atom is 0.137 e. The van der Waals surface area contributed by atoms with E-state index in [2.05, 4.69) is 21.4 Å². The van der Waals surface area contributed by atoms with Crippen molar-refractivity contribution in [2.24, 2.45) is 5.84 Å². The Bertz CT molecular complexity index is 336. The molecule has 0 aliphatic heterocycles. The Morgan fingerprint density at radius 3 is 2.88 bits per heavy atom. The molecule has 3 nitrogen and oxygen atoms in total. The largest absolute Gasteiger partial charge is 0.385 e. The maximum atomic E-state index is 13.3. The van der Waals surface area contributed by atoms with Crippen LogP contribution in [0, 0.1) is 5.82 Å². The number of nitrogens with one attached hydrogen (secondary N) is 1. The van der Waals surface area contributed by atoms with Gasteiger partial charge in [-0.15, -0.1) is 0 Å². The normalized spacial score (nSPS) is 12.8. The van der Waals surface area contributed by atoms with Gasteiger partial charge in [0.1, 0.15) is 5.82 Å². The molecule has 1 rings (SSSR count). The third-order valence-corrected chi connectivity index (χ3v) is 3.03. The number of hydrazine groups is 1. The summed E-state index contributed by atoms with van der Waals surface area (Å²) in [4.78, 5) is 0. The minimum atomic E-state index is -0.274. The molecule has 0 amide bonds. The first kappa shape index (κ1) is 13.6. The smallest absolute Gasteiger partial charge is 0.137 e. The minimum absolute atomic E-state index is 0.0438. The lowest BCUT2D eigenvalue weighted by Gasteiger charge is -2.16. The molecule has 0 bridgehead atoms. The SMILES string of the molecule is COCCCC(NN)c1ccc(Br)c(F)c1. The molecule has 0 heterocycles. The Morgan fingerprint density at radius 1 is 1.56 bits per heavy atom. The molecule has 0 radical (unpaired) electrons. The van der Waals surface area contributed by atoms with Gasteiger partial charge in [-0.2, -0.15) is 0 Å². The first-order valence-electron chi connectivity index (χ1n) is 5.09. The maximum absolute atomic E-state index is 13.3. The standard InChI is InChI=1S/C11H16BrFN2O/c1-16-6-2-3-11(15-14)8-4-5-9(12)10(13)7-8/h4-5,7,11,15H,2-3,6,14H2,1H3. The number of methoxy groups -OCH3 is 1. The average Bonchev–Trinajstić information content (AvgIpc) is 2.29. The second-order valence-electron chi connectivity index (χ2n) is 3.53. The fourth-order valence-corrected chi connectivity index (χ4v) is 1.75. The Morgan fingerprint density at radius 2 is 2.31 bits per heavy atom. The van der Waals surface area contributed by atoms with Gasteiger partial charge in [0.15, 0.2) is 0 Å². The van der Waals surface area contributed by atoms with Gasteiger partial charge in [0, 0.05) is 19.8 Å². The van der Waals surface area contributed by atoms with E-state index in [0.717, 1.165) is 18.4 Å². The highest BCUT2D eigenvalue weighted by Gasteiger charge is 2.11. The van der Waals surface area contributed by atoms with E-state index in [1.807, 2.05) is 6.07 Å². The van der Waals surface area contributed by atoms with Crippen LogP contribution in [-0.2, 0) is 4.74 Å². The molecule has 1 aromatic carbocycles. The van der Waals surface area contributed by atoms with Crippen LogP contribution in [0.3, 0.4) is 0 Å². The van der Waals surface area contributed by atoms with Crippen molar-refractivity contribution in [3.05, 3.63) is 34.1 Å². The monoisotopic (exact) mass is 290 g/mol. The summed E-state index contributed by atoms with van der Waals surface area (Å²) in [5.41, 5.74) is 3.53. The van der Waals surface area contributed by atoms with Crippen LogP contribution in [0.2, 0.25) is 0 Å². The quantitative estimate of drug-likeness (QED) is 0.481. The van der Waals surface area contributed by atoms with E-state index in [0.29, 0.717) is 11.1 Å². The van der Waals surface area contributed by atoms with Crippen LogP contribution in [0.15, 0.2) is 22.7 Å². The number of ether oxygens (including phenoxy) is 1. The summed E-state index contributed by atoms with van der Waals surface area (Å²) in [6.07, 6.45) is 1.69. The zero-order chi connectivity index (χ0) is 12.0. The molecule has 16 heavy (non-hydrogen) atoms. The number of nitrogens with two attached hydrogens (primary N) is 1. The summed E-state index contributed by atoms with van der Waals surface area (Å²) in [6.45, 7) is 0.678. The fraction of sp³-hybridized carbons (Fsp3) is 0.455. The van der Waals surface area contributed by atoms with Crippen LogP contribution in [0.1, 0.15) is 24.4 Å². The van der Waals surface area contributed by atoms with Crippen LogP contribution >= 0.6 is 15.9 Å². The van der Waals surface area contributed by atoms with E-state index in [1.165, 1.54) is 6.07 Å². The Hall–Kier alpha value is -0.490. The van der Waals surface area contributed by atoms with Crippen molar-refractivity contribution < 1.29 is 9.13 Å². The van der Waals surface area contributed by atoms with E-state index in [1.54, 1.807) is 13.2 Å². The van der Waals surface area contributed by atoms with Crippen molar-refractivity contribution in [2.75, 3.05) is 13.7 Å². The molecular formula is C11H16BrFN2O. The first-order valence-corrected chi connectivity index (χ1v) is 5.88. The van der Waals surface area contributed by atoms with Gasteiger partial charge in [-0.3, -0.25) is 11.3 Å². The summed E-state index contributed by atoms with van der Waals surface area (Å²) in [5.74, 6) is 5.18. The zero-order valence-corrected chi connectivity index (χ0v) is 10.8. The fourth-order valence-electron chi connectivity index (χ4n) is 1.51. The second-order valence-corrected chi connectivity index (χ2v) is 4.38. The Labute approximate surface area is 103 Å². The highest BCUT2D eigenvalue weighted by molar-refractivity contribution is 9.10. The van der Waals surface area contributed by atoms with Gasteiger partial charge >= 0.3 is 0 Å². The predicted molar refractivity (Wildman–Crippen MR) is 65.3 cm³/mol. The molecule has 0 saturated heterocycles. The molecule has 1 atom stereocenters. The average molecular weight is 291 g/mol. The number of halogens is 2. The third kappa shape index (κ3) is 3.83. The van der Waals surface area contributed by atoms with Gasteiger partial charge in [-0.1, -0.05) is 6.07 Å². The molecule has 0 aliphatic rings. The molecule has 0 saturated carbocycles. The first-order chi connectivity index (χ1) is 7.69. The van der Waals surface area contributed by atoms with E-state index >= 15 is 0 Å². The van der Waals surface area contributed by atoms with Crippen LogP contribution < -0.4 is 11.3 Å². The molecule has 0 aromatic heterocycles. The van der Waals surface area contributed by atoms with Crippen LogP contribution in [-0.4, -0.2) is 13.7 Å². The summed E-state index contributed by atoms with van der Waals surface area (Å²) in [6, 6.07) is 4.98. The van der Waals surface area contributed by atoms with Gasteiger partial charge in [0.2, 0.25) is 0 Å². The molecule has 0 spiro atoms. The molecule has 90 valence electrons. The lowest BCUT2D eigenvalue weighted by atomic mass is 10.0. The molecule has 1 unspecified atom stereocenters. The van der Waals surface area contributed by atoms with Crippen molar-refractivity contribution in [3.63, 3.8) is 0 Å². The summed E-state index contributed by atoms with van der Waals surface area (Å²) in [7, 11) is 1.66. The van der Waals surface area contributed by atoms with E-state index in [-0.39, 0.29) is 11.9 Å². The lowest BCUT2D eigenvalue weighted by molar-refractivity contribution is 0.189. The third-order valence-electron chi connectivity index (χ3n) is 2.39. The molecule has 5 heteroatoms. The summed E-state index contributed by atoms with van der Waals surface area (Å²) < 4.78 is 18.8. The van der Waals surface area contributed by atoms with E-state index in [9.17, 15) is 4.39 Å². The van der Waals surface area contributed by atoms with E-state index < -0.39 is 0 Å². The van der Waals surface area contributed by atoms with Gasteiger partial charge in [-0.25, -0.2) is 4.39 Å². The van der Waals surface area contributed by atoms with Crippen molar-refractivity contribution in [3.8, 4) is 0 Å². The molecular weight excluding hydrogens is 275 g/mol. The van der Waals surface area contributed by atoms with Crippen LogP contribution in [0.4, 0.5) is 4.39 Å². The van der Waals surface area contributed by atoms with Gasteiger partial charge in [0.05, 0.1) is 4.47 Å². The molecule has 0 aliphatic carbocycles. The van der Waals surface area contributed by atoms with Gasteiger partial charge < -0.3 is 4.74 Å². The van der Waals surface area contributed by atoms with Crippen molar-refractivity contribution in [1.29, 1.82) is 0 Å². The highest BCUT2D eigenvalue weighted by Crippen LogP contribution is 2.23. The zero-order valence-electron chi connectivity index (χ0n) is 9.17.